The SMILES string of the molecule is CCN(CCNC(=O)C1CC2(C1)CN(Cc1nc(-c3ccc(Cl)cc3)oc1C)C2)C(=O)OC(C)(C)C. The van der Waals surface area contributed by atoms with Crippen molar-refractivity contribution < 1.29 is 18.7 Å². The van der Waals surface area contributed by atoms with E-state index in [2.05, 4.69) is 10.2 Å². The number of nitrogens with zero attached hydrogens (tertiary/aromatic N) is 3. The molecule has 196 valence electrons. The summed E-state index contributed by atoms with van der Waals surface area (Å²) in [6.45, 7) is 13.5. The molecule has 0 bridgehead atoms. The van der Waals surface area contributed by atoms with Gasteiger partial charge < -0.3 is 19.4 Å². The van der Waals surface area contributed by atoms with Crippen LogP contribution in [0.15, 0.2) is 28.7 Å². The highest BCUT2D eigenvalue weighted by Gasteiger charge is 2.54. The lowest BCUT2D eigenvalue weighted by Gasteiger charge is -2.58. The van der Waals surface area contributed by atoms with Crippen LogP contribution >= 0.6 is 11.6 Å². The molecule has 2 fully saturated rings. The van der Waals surface area contributed by atoms with Gasteiger partial charge in [0.05, 0.1) is 5.69 Å². The minimum atomic E-state index is -0.532. The molecule has 1 aliphatic heterocycles. The van der Waals surface area contributed by atoms with Gasteiger partial charge in [-0.05, 0) is 77.1 Å². The van der Waals surface area contributed by atoms with E-state index in [1.165, 1.54) is 0 Å². The summed E-state index contributed by atoms with van der Waals surface area (Å²) in [5.41, 5.74) is 1.57. The first-order valence-electron chi connectivity index (χ1n) is 12.7. The van der Waals surface area contributed by atoms with Gasteiger partial charge in [0.25, 0.3) is 0 Å². The van der Waals surface area contributed by atoms with Crippen molar-refractivity contribution in [2.75, 3.05) is 32.7 Å². The summed E-state index contributed by atoms with van der Waals surface area (Å²) in [6, 6.07) is 7.48. The number of hydrogen-bond acceptors (Lipinski definition) is 6. The molecule has 1 saturated heterocycles. The molecule has 2 aromatic rings. The first kappa shape index (κ1) is 26.5. The van der Waals surface area contributed by atoms with Crippen molar-refractivity contribution in [2.24, 2.45) is 11.3 Å². The monoisotopic (exact) mass is 516 g/mol. The van der Waals surface area contributed by atoms with Gasteiger partial charge in [0.2, 0.25) is 11.8 Å². The Hall–Kier alpha value is -2.58. The third kappa shape index (κ3) is 6.21. The van der Waals surface area contributed by atoms with Crippen LogP contribution in [0.2, 0.25) is 5.02 Å². The van der Waals surface area contributed by atoms with Crippen LogP contribution in [0.25, 0.3) is 11.5 Å². The maximum absolute atomic E-state index is 12.6. The fourth-order valence-corrected chi connectivity index (χ4v) is 5.24. The molecule has 1 spiro atoms. The van der Waals surface area contributed by atoms with Crippen LogP contribution in [-0.2, 0) is 16.1 Å². The van der Waals surface area contributed by atoms with Crippen LogP contribution in [0.1, 0.15) is 52.0 Å². The minimum absolute atomic E-state index is 0.0500. The van der Waals surface area contributed by atoms with Crippen LogP contribution in [0, 0.1) is 18.3 Å². The Balaban J connectivity index is 1.18. The minimum Gasteiger partial charge on any atom is -0.444 e. The number of aryl methyl sites for hydroxylation is 1. The molecule has 2 amide bonds. The Morgan fingerprint density at radius 2 is 1.92 bits per heavy atom. The predicted molar refractivity (Wildman–Crippen MR) is 139 cm³/mol. The lowest BCUT2D eigenvalue weighted by Crippen LogP contribution is -2.63. The lowest BCUT2D eigenvalue weighted by molar-refractivity contribution is -0.145. The number of halogens is 1. The normalized spacial score (nSPS) is 17.4. The second kappa shape index (κ2) is 10.4. The van der Waals surface area contributed by atoms with E-state index in [9.17, 15) is 9.59 Å². The number of aromatic nitrogens is 1. The average Bonchev–Trinajstić information content (AvgIpc) is 3.11. The molecule has 1 saturated carbocycles. The highest BCUT2D eigenvalue weighted by atomic mass is 35.5. The largest absolute Gasteiger partial charge is 0.444 e. The second-order valence-electron chi connectivity index (χ2n) is 11.1. The van der Waals surface area contributed by atoms with Crippen molar-refractivity contribution in [3.05, 3.63) is 40.7 Å². The van der Waals surface area contributed by atoms with E-state index in [4.69, 9.17) is 25.7 Å². The van der Waals surface area contributed by atoms with Gasteiger partial charge in [-0.2, -0.15) is 0 Å². The molecule has 2 heterocycles. The van der Waals surface area contributed by atoms with Gasteiger partial charge in [-0.3, -0.25) is 9.69 Å². The van der Waals surface area contributed by atoms with Gasteiger partial charge in [0, 0.05) is 55.8 Å². The van der Waals surface area contributed by atoms with Gasteiger partial charge in [-0.25, -0.2) is 9.78 Å². The summed E-state index contributed by atoms with van der Waals surface area (Å²) in [5.74, 6) is 1.58. The van der Waals surface area contributed by atoms with Crippen LogP contribution in [0.3, 0.4) is 0 Å². The molecule has 1 aromatic heterocycles. The molecular formula is C27H37ClN4O4. The van der Waals surface area contributed by atoms with Gasteiger partial charge in [0.1, 0.15) is 11.4 Å². The van der Waals surface area contributed by atoms with Gasteiger partial charge in [-0.1, -0.05) is 11.6 Å². The predicted octanol–water partition coefficient (Wildman–Crippen LogP) is 4.89. The number of hydrogen-bond donors (Lipinski definition) is 1. The van der Waals surface area contributed by atoms with Crippen LogP contribution in [0.5, 0.6) is 0 Å². The highest BCUT2D eigenvalue weighted by molar-refractivity contribution is 6.30. The van der Waals surface area contributed by atoms with Gasteiger partial charge in [-0.15, -0.1) is 0 Å². The molecular weight excluding hydrogens is 480 g/mol. The standard InChI is InChI=1S/C27H37ClN4O4/c1-6-32(25(34)36-26(3,4)5)12-11-29-23(33)20-13-27(14-20)16-31(17-27)15-22-18(2)35-24(30-22)19-7-9-21(28)10-8-19/h7-10,20H,6,11-17H2,1-5H3,(H,29,33). The number of benzene rings is 1. The van der Waals surface area contributed by atoms with E-state index >= 15 is 0 Å². The van der Waals surface area contributed by atoms with Crippen molar-refractivity contribution >= 4 is 23.6 Å². The molecule has 8 nitrogen and oxygen atoms in total. The Kier molecular flexibility index (Phi) is 7.67. The van der Waals surface area contributed by atoms with E-state index < -0.39 is 5.60 Å². The van der Waals surface area contributed by atoms with Crippen LogP contribution < -0.4 is 5.32 Å². The molecule has 1 N–H and O–H groups in total. The summed E-state index contributed by atoms with van der Waals surface area (Å²) in [4.78, 5) is 33.5. The Labute approximate surface area is 218 Å². The molecule has 0 radical (unpaired) electrons. The lowest BCUT2D eigenvalue weighted by atomic mass is 9.57. The molecule has 1 aromatic carbocycles. The van der Waals surface area contributed by atoms with Crippen molar-refractivity contribution in [1.82, 2.24) is 20.1 Å². The third-order valence-electron chi connectivity index (χ3n) is 6.92. The molecule has 0 atom stereocenters. The summed E-state index contributed by atoms with van der Waals surface area (Å²) in [7, 11) is 0. The molecule has 0 unspecified atom stereocenters. The van der Waals surface area contributed by atoms with Crippen molar-refractivity contribution in [3.8, 4) is 11.5 Å². The molecule has 2 aliphatic rings. The number of carbonyl (C=O) groups is 2. The number of oxazole rings is 1. The van der Waals surface area contributed by atoms with Crippen molar-refractivity contribution in [1.29, 1.82) is 0 Å². The summed E-state index contributed by atoms with van der Waals surface area (Å²) >= 11 is 5.98. The maximum Gasteiger partial charge on any atom is 0.410 e. The number of likely N-dealkylation sites (tertiary alicyclic amines) is 1. The summed E-state index contributed by atoms with van der Waals surface area (Å²) < 4.78 is 11.3. The molecule has 9 heteroatoms. The number of ether oxygens (including phenoxy) is 1. The smallest absolute Gasteiger partial charge is 0.410 e. The van der Waals surface area contributed by atoms with Gasteiger partial charge >= 0.3 is 6.09 Å². The average molecular weight is 517 g/mol. The van der Waals surface area contributed by atoms with Crippen molar-refractivity contribution in [2.45, 2.75) is 59.6 Å². The zero-order chi connectivity index (χ0) is 26.1. The Morgan fingerprint density at radius 1 is 1.25 bits per heavy atom. The summed E-state index contributed by atoms with van der Waals surface area (Å²) in [5, 5.41) is 3.69. The van der Waals surface area contributed by atoms with Gasteiger partial charge in [0.15, 0.2) is 0 Å². The first-order valence-corrected chi connectivity index (χ1v) is 13.0. The fourth-order valence-electron chi connectivity index (χ4n) is 5.11. The molecule has 4 rings (SSSR count). The first-order chi connectivity index (χ1) is 17.0. The van der Waals surface area contributed by atoms with Crippen LogP contribution in [0.4, 0.5) is 4.79 Å². The number of likely N-dealkylation sites (N-methyl/N-ethyl adjacent to an activating group) is 1. The topological polar surface area (TPSA) is 87.9 Å². The number of amides is 2. The number of nitrogens with one attached hydrogen (secondary N) is 1. The third-order valence-corrected chi connectivity index (χ3v) is 7.17. The molecule has 36 heavy (non-hydrogen) atoms. The molecule has 1 aliphatic carbocycles. The number of carbonyl (C=O) groups excluding carboxylic acids is 2. The zero-order valence-corrected chi connectivity index (χ0v) is 22.7. The van der Waals surface area contributed by atoms with E-state index in [1.54, 1.807) is 4.90 Å². The summed E-state index contributed by atoms with van der Waals surface area (Å²) in [6.07, 6.45) is 1.47. The Bertz CT molecular complexity index is 1080. The van der Waals surface area contributed by atoms with Crippen LogP contribution in [-0.4, -0.2) is 65.1 Å². The van der Waals surface area contributed by atoms with E-state index in [-0.39, 0.29) is 23.3 Å². The van der Waals surface area contributed by atoms with Crippen molar-refractivity contribution in [3.63, 3.8) is 0 Å². The zero-order valence-electron chi connectivity index (χ0n) is 21.9. The van der Waals surface area contributed by atoms with E-state index in [1.807, 2.05) is 58.9 Å². The second-order valence-corrected chi connectivity index (χ2v) is 11.6. The maximum atomic E-state index is 12.6. The van der Waals surface area contributed by atoms with E-state index in [0.717, 1.165) is 49.5 Å². The number of rotatable bonds is 8. The van der Waals surface area contributed by atoms with E-state index in [0.29, 0.717) is 30.5 Å². The highest BCUT2D eigenvalue weighted by Crippen LogP contribution is 2.52. The fraction of sp³-hybridized carbons (Fsp3) is 0.593. The quantitative estimate of drug-likeness (QED) is 0.537. The Morgan fingerprint density at radius 3 is 2.53 bits per heavy atom.